The van der Waals surface area contributed by atoms with E-state index in [0.717, 1.165) is 5.56 Å². The van der Waals surface area contributed by atoms with Gasteiger partial charge >= 0.3 is 5.97 Å². The molecule has 0 aliphatic carbocycles. The largest absolute Gasteiger partial charge is 0.497 e. The molecule has 1 aromatic carbocycles. The van der Waals surface area contributed by atoms with Gasteiger partial charge in [-0.3, -0.25) is 14.4 Å². The summed E-state index contributed by atoms with van der Waals surface area (Å²) in [5.74, 6) is -1.30. The third-order valence-electron chi connectivity index (χ3n) is 4.38. The number of carbonyl (C=O) groups excluding carboxylic acids is 2. The van der Waals surface area contributed by atoms with Gasteiger partial charge in [0.25, 0.3) is 0 Å². The average molecular weight is 334 g/mol. The normalized spacial score (nSPS) is 22.0. The molecule has 7 nitrogen and oxygen atoms in total. The van der Waals surface area contributed by atoms with Crippen LogP contribution in [0.3, 0.4) is 0 Å². The van der Waals surface area contributed by atoms with Crippen LogP contribution >= 0.6 is 0 Å². The second-order valence-corrected chi connectivity index (χ2v) is 5.94. The van der Waals surface area contributed by atoms with Gasteiger partial charge in [0.2, 0.25) is 11.8 Å². The molecule has 3 atom stereocenters. The van der Waals surface area contributed by atoms with Gasteiger partial charge in [0.05, 0.1) is 19.1 Å². The number of rotatable bonds is 5. The minimum absolute atomic E-state index is 0.0360. The minimum Gasteiger partial charge on any atom is -0.497 e. The summed E-state index contributed by atoms with van der Waals surface area (Å²) in [5.41, 5.74) is 0.814. The van der Waals surface area contributed by atoms with E-state index in [-0.39, 0.29) is 18.2 Å². The van der Waals surface area contributed by atoms with Gasteiger partial charge < -0.3 is 20.1 Å². The molecule has 1 aliphatic heterocycles. The van der Waals surface area contributed by atoms with Crippen LogP contribution in [0, 0.1) is 5.92 Å². The Balaban J connectivity index is 2.28. The number of nitrogens with zero attached hydrogens (tertiary/aromatic N) is 1. The van der Waals surface area contributed by atoms with E-state index in [1.54, 1.807) is 31.2 Å². The minimum atomic E-state index is -1.09. The fraction of sp³-hybridized carbons (Fsp3) is 0.471. The smallest absolute Gasteiger partial charge is 0.325 e. The van der Waals surface area contributed by atoms with Crippen molar-refractivity contribution >= 4 is 17.8 Å². The molecule has 3 unspecified atom stereocenters. The van der Waals surface area contributed by atoms with E-state index in [1.165, 1.54) is 6.92 Å². The Kier molecular flexibility index (Phi) is 5.43. The topological polar surface area (TPSA) is 95.9 Å². The Morgan fingerprint density at radius 1 is 1.33 bits per heavy atom. The number of hydrogen-bond acceptors (Lipinski definition) is 4. The quantitative estimate of drug-likeness (QED) is 0.843. The van der Waals surface area contributed by atoms with Gasteiger partial charge in [-0.2, -0.15) is 0 Å². The first-order valence-electron chi connectivity index (χ1n) is 7.78. The predicted molar refractivity (Wildman–Crippen MR) is 86.5 cm³/mol. The lowest BCUT2D eigenvalue weighted by atomic mass is 9.84. The highest BCUT2D eigenvalue weighted by atomic mass is 16.5. The van der Waals surface area contributed by atoms with Crippen molar-refractivity contribution < 1.29 is 24.2 Å². The molecule has 0 bridgehead atoms. The second kappa shape index (κ2) is 7.33. The van der Waals surface area contributed by atoms with E-state index in [9.17, 15) is 14.4 Å². The zero-order valence-electron chi connectivity index (χ0n) is 14.0. The first-order chi connectivity index (χ1) is 11.3. The third kappa shape index (κ3) is 3.67. The first kappa shape index (κ1) is 17.8. The van der Waals surface area contributed by atoms with Crippen LogP contribution in [-0.4, -0.2) is 48.0 Å². The predicted octanol–water partition coefficient (Wildman–Crippen LogP) is 1.19. The number of benzene rings is 1. The van der Waals surface area contributed by atoms with Gasteiger partial charge in [-0.1, -0.05) is 12.1 Å². The van der Waals surface area contributed by atoms with Crippen LogP contribution in [0.1, 0.15) is 31.4 Å². The van der Waals surface area contributed by atoms with E-state index >= 15 is 0 Å². The van der Waals surface area contributed by atoms with Crippen LogP contribution in [0.2, 0.25) is 0 Å². The maximum absolute atomic E-state index is 12.5. The molecule has 2 amide bonds. The molecule has 1 fully saturated rings. The monoisotopic (exact) mass is 334 g/mol. The second-order valence-electron chi connectivity index (χ2n) is 5.94. The van der Waals surface area contributed by atoms with Crippen LogP contribution < -0.4 is 10.1 Å². The number of carbonyl (C=O) groups is 3. The molecule has 130 valence electrons. The Labute approximate surface area is 140 Å². The first-order valence-corrected chi connectivity index (χ1v) is 7.78. The van der Waals surface area contributed by atoms with Crippen LogP contribution in [0.4, 0.5) is 0 Å². The van der Waals surface area contributed by atoms with Crippen molar-refractivity contribution in [1.82, 2.24) is 10.2 Å². The molecule has 2 rings (SSSR count). The van der Waals surface area contributed by atoms with E-state index in [1.807, 2.05) is 12.1 Å². The fourth-order valence-corrected chi connectivity index (χ4v) is 2.95. The number of piperidine rings is 1. The summed E-state index contributed by atoms with van der Waals surface area (Å²) in [4.78, 5) is 37.1. The zero-order chi connectivity index (χ0) is 17.9. The van der Waals surface area contributed by atoms with Crippen molar-refractivity contribution in [3.05, 3.63) is 29.8 Å². The number of carboxylic acid groups (broad SMARTS) is 1. The fourth-order valence-electron chi connectivity index (χ4n) is 2.95. The van der Waals surface area contributed by atoms with Gasteiger partial charge in [-0.15, -0.1) is 0 Å². The SMILES string of the molecule is COc1ccc(C2C(C(=O)NC(C)C(=O)O)CCC(=O)N2C)cc1. The Bertz CT molecular complexity index is 628. The Morgan fingerprint density at radius 3 is 2.50 bits per heavy atom. The number of nitrogens with one attached hydrogen (secondary N) is 1. The lowest BCUT2D eigenvalue weighted by Gasteiger charge is -2.38. The molecule has 0 aromatic heterocycles. The summed E-state index contributed by atoms with van der Waals surface area (Å²) in [7, 11) is 3.23. The summed E-state index contributed by atoms with van der Waals surface area (Å²) in [6.45, 7) is 1.42. The van der Waals surface area contributed by atoms with Gasteiger partial charge in [0.1, 0.15) is 11.8 Å². The molecule has 0 radical (unpaired) electrons. The summed E-state index contributed by atoms with van der Waals surface area (Å²) >= 11 is 0. The van der Waals surface area contributed by atoms with Crippen molar-refractivity contribution in [2.75, 3.05) is 14.2 Å². The highest BCUT2D eigenvalue weighted by Gasteiger charge is 2.39. The summed E-state index contributed by atoms with van der Waals surface area (Å²) in [5, 5.41) is 11.5. The molecule has 0 saturated carbocycles. The van der Waals surface area contributed by atoms with Gasteiger partial charge in [-0.05, 0) is 31.0 Å². The van der Waals surface area contributed by atoms with Crippen LogP contribution in [0.15, 0.2) is 24.3 Å². The zero-order valence-corrected chi connectivity index (χ0v) is 14.0. The molecule has 0 spiro atoms. The molecular weight excluding hydrogens is 312 g/mol. The van der Waals surface area contributed by atoms with Crippen molar-refractivity contribution in [2.24, 2.45) is 5.92 Å². The number of hydrogen-bond donors (Lipinski definition) is 2. The molecule has 1 aliphatic rings. The number of methoxy groups -OCH3 is 1. The number of amides is 2. The summed E-state index contributed by atoms with van der Waals surface area (Å²) in [6.07, 6.45) is 0.654. The standard InChI is InChI=1S/C17H22N2O5/c1-10(17(22)23)18-16(21)13-8-9-14(20)19(2)15(13)11-4-6-12(24-3)7-5-11/h4-7,10,13,15H,8-9H2,1-3H3,(H,18,21)(H,22,23). The van der Waals surface area contributed by atoms with E-state index < -0.39 is 24.0 Å². The Morgan fingerprint density at radius 2 is 1.96 bits per heavy atom. The molecule has 1 heterocycles. The van der Waals surface area contributed by atoms with Crippen molar-refractivity contribution in [3.63, 3.8) is 0 Å². The molecule has 1 aromatic rings. The lowest BCUT2D eigenvalue weighted by molar-refractivity contribution is -0.146. The number of aliphatic carboxylic acids is 1. The van der Waals surface area contributed by atoms with E-state index in [2.05, 4.69) is 5.32 Å². The maximum Gasteiger partial charge on any atom is 0.325 e. The molecule has 24 heavy (non-hydrogen) atoms. The maximum atomic E-state index is 12.5. The average Bonchev–Trinajstić information content (AvgIpc) is 2.57. The Hall–Kier alpha value is -2.57. The lowest BCUT2D eigenvalue weighted by Crippen LogP contribution is -2.49. The summed E-state index contributed by atoms with van der Waals surface area (Å²) in [6, 6.07) is 5.78. The van der Waals surface area contributed by atoms with Crippen LogP contribution in [0.25, 0.3) is 0 Å². The summed E-state index contributed by atoms with van der Waals surface area (Å²) < 4.78 is 5.13. The van der Waals surface area contributed by atoms with Gasteiger partial charge in [0.15, 0.2) is 0 Å². The highest BCUT2D eigenvalue weighted by Crippen LogP contribution is 2.36. The van der Waals surface area contributed by atoms with E-state index in [0.29, 0.717) is 12.2 Å². The molecule has 1 saturated heterocycles. The molecular formula is C17H22N2O5. The van der Waals surface area contributed by atoms with Crippen molar-refractivity contribution in [3.8, 4) is 5.75 Å². The highest BCUT2D eigenvalue weighted by molar-refractivity contribution is 5.87. The molecule has 7 heteroatoms. The van der Waals surface area contributed by atoms with Gasteiger partial charge in [-0.25, -0.2) is 0 Å². The number of carboxylic acids is 1. The number of ether oxygens (including phenoxy) is 1. The van der Waals surface area contributed by atoms with E-state index in [4.69, 9.17) is 9.84 Å². The van der Waals surface area contributed by atoms with Crippen molar-refractivity contribution in [2.45, 2.75) is 31.8 Å². The third-order valence-corrected chi connectivity index (χ3v) is 4.38. The molecule has 2 N–H and O–H groups in total. The van der Waals surface area contributed by atoms with Crippen LogP contribution in [0.5, 0.6) is 5.75 Å². The van der Waals surface area contributed by atoms with Crippen LogP contribution in [-0.2, 0) is 14.4 Å². The van der Waals surface area contributed by atoms with Gasteiger partial charge in [0, 0.05) is 13.5 Å². The number of likely N-dealkylation sites (tertiary alicyclic amines) is 1. The van der Waals surface area contributed by atoms with Crippen molar-refractivity contribution in [1.29, 1.82) is 0 Å².